The number of amides is 1. The summed E-state index contributed by atoms with van der Waals surface area (Å²) in [6.45, 7) is 3.84. The summed E-state index contributed by atoms with van der Waals surface area (Å²) in [7, 11) is -0.964. The Morgan fingerprint density at radius 3 is 2.19 bits per heavy atom. The molecule has 0 spiro atoms. The Hall–Kier alpha value is -2.46. The number of anilines is 1. The first-order valence-electron chi connectivity index (χ1n) is 9.20. The number of nitrogens with zero attached hydrogens (tertiary/aromatic N) is 3. The van der Waals surface area contributed by atoms with Crippen LogP contribution in [0.1, 0.15) is 21.7 Å². The zero-order chi connectivity index (χ0) is 22.8. The minimum absolute atomic E-state index is 0.0558. The molecule has 10 heteroatoms. The monoisotopic (exact) mass is 476 g/mol. The first-order valence-corrected chi connectivity index (χ1v) is 11.8. The van der Waals surface area contributed by atoms with Crippen LogP contribution in [0.3, 0.4) is 0 Å². The van der Waals surface area contributed by atoms with E-state index in [-0.39, 0.29) is 15.5 Å². The summed E-state index contributed by atoms with van der Waals surface area (Å²) in [4.78, 5) is 22.3. The van der Waals surface area contributed by atoms with Gasteiger partial charge in [0, 0.05) is 41.6 Å². The molecule has 3 rings (SSSR count). The van der Waals surface area contributed by atoms with Crippen molar-refractivity contribution in [3.63, 3.8) is 0 Å². The number of rotatable bonds is 6. The molecule has 0 bridgehead atoms. The SMILES string of the molecule is Cc1cc(C)nc(Sc2ccc(NC(=O)c3ccc(Cl)c(S(=O)(=O)N(C)C)c3)cc2)n1. The molecule has 3 aromatic rings. The number of hydrogen-bond donors (Lipinski definition) is 1. The largest absolute Gasteiger partial charge is 0.322 e. The molecule has 31 heavy (non-hydrogen) atoms. The molecule has 0 radical (unpaired) electrons. The van der Waals surface area contributed by atoms with E-state index in [2.05, 4.69) is 15.3 Å². The molecule has 2 aromatic carbocycles. The van der Waals surface area contributed by atoms with Crippen LogP contribution in [0.4, 0.5) is 5.69 Å². The maximum Gasteiger partial charge on any atom is 0.255 e. The minimum atomic E-state index is -3.77. The lowest BCUT2D eigenvalue weighted by molar-refractivity contribution is 0.102. The topological polar surface area (TPSA) is 92.3 Å². The first kappa shape index (κ1) is 23.2. The average Bonchev–Trinajstić information content (AvgIpc) is 2.68. The highest BCUT2D eigenvalue weighted by Gasteiger charge is 2.22. The molecule has 0 atom stereocenters. The summed E-state index contributed by atoms with van der Waals surface area (Å²) < 4.78 is 25.9. The van der Waals surface area contributed by atoms with E-state index in [0.29, 0.717) is 10.8 Å². The summed E-state index contributed by atoms with van der Waals surface area (Å²) in [5.41, 5.74) is 2.56. The van der Waals surface area contributed by atoms with Gasteiger partial charge in [0.15, 0.2) is 5.16 Å². The van der Waals surface area contributed by atoms with Gasteiger partial charge in [-0.3, -0.25) is 4.79 Å². The molecule has 1 heterocycles. The van der Waals surface area contributed by atoms with E-state index < -0.39 is 15.9 Å². The fourth-order valence-corrected chi connectivity index (χ4v) is 4.95. The van der Waals surface area contributed by atoms with Crippen molar-refractivity contribution in [1.29, 1.82) is 0 Å². The zero-order valence-corrected chi connectivity index (χ0v) is 19.8. The average molecular weight is 477 g/mol. The highest BCUT2D eigenvalue weighted by Crippen LogP contribution is 2.27. The minimum Gasteiger partial charge on any atom is -0.322 e. The van der Waals surface area contributed by atoms with Gasteiger partial charge in [-0.15, -0.1) is 0 Å². The number of sulfonamides is 1. The number of nitrogens with one attached hydrogen (secondary N) is 1. The Kier molecular flexibility index (Phi) is 7.00. The molecular weight excluding hydrogens is 456 g/mol. The molecule has 0 aliphatic rings. The van der Waals surface area contributed by atoms with Crippen molar-refractivity contribution in [2.24, 2.45) is 0 Å². The molecule has 0 fully saturated rings. The lowest BCUT2D eigenvalue weighted by atomic mass is 10.2. The Bertz CT molecular complexity index is 1210. The highest BCUT2D eigenvalue weighted by molar-refractivity contribution is 7.99. The van der Waals surface area contributed by atoms with Gasteiger partial charge >= 0.3 is 0 Å². The maximum absolute atomic E-state index is 12.6. The summed E-state index contributed by atoms with van der Waals surface area (Å²) in [6.07, 6.45) is 0. The molecule has 1 N–H and O–H groups in total. The second-order valence-electron chi connectivity index (χ2n) is 6.95. The molecule has 7 nitrogen and oxygen atoms in total. The van der Waals surface area contributed by atoms with Gasteiger partial charge in [0.25, 0.3) is 5.91 Å². The highest BCUT2D eigenvalue weighted by atomic mass is 35.5. The third-order valence-corrected chi connectivity index (χ3v) is 7.40. The predicted molar refractivity (Wildman–Crippen MR) is 122 cm³/mol. The van der Waals surface area contributed by atoms with Gasteiger partial charge in [-0.1, -0.05) is 11.6 Å². The number of benzene rings is 2. The van der Waals surface area contributed by atoms with Gasteiger partial charge in [0.2, 0.25) is 10.0 Å². The number of aryl methyl sites for hydroxylation is 2. The van der Waals surface area contributed by atoms with E-state index in [4.69, 9.17) is 11.6 Å². The third kappa shape index (κ3) is 5.62. The summed E-state index contributed by atoms with van der Waals surface area (Å²) in [5, 5.41) is 3.48. The standard InChI is InChI=1S/C21H21ClN4O3S2/c1-13-11-14(2)24-21(23-13)30-17-8-6-16(7-9-17)25-20(27)15-5-10-18(22)19(12-15)31(28,29)26(3)4/h5-12H,1-4H3,(H,25,27). The lowest BCUT2D eigenvalue weighted by Crippen LogP contribution is -2.23. The molecule has 1 aromatic heterocycles. The first-order chi connectivity index (χ1) is 14.6. The normalized spacial score (nSPS) is 11.5. The second kappa shape index (κ2) is 9.35. The van der Waals surface area contributed by atoms with Crippen LogP contribution >= 0.6 is 23.4 Å². The van der Waals surface area contributed by atoms with Crippen LogP contribution in [0.15, 0.2) is 63.5 Å². The summed E-state index contributed by atoms with van der Waals surface area (Å²) in [6, 6.07) is 13.3. The molecule has 0 saturated heterocycles. The molecule has 0 aliphatic carbocycles. The Labute approximate surface area is 190 Å². The smallest absolute Gasteiger partial charge is 0.255 e. The van der Waals surface area contributed by atoms with Crippen LogP contribution in [-0.4, -0.2) is 42.7 Å². The number of carbonyl (C=O) groups is 1. The van der Waals surface area contributed by atoms with E-state index in [1.54, 1.807) is 12.1 Å². The van der Waals surface area contributed by atoms with Crippen molar-refractivity contribution < 1.29 is 13.2 Å². The van der Waals surface area contributed by atoms with Gasteiger partial charge in [-0.2, -0.15) is 0 Å². The van der Waals surface area contributed by atoms with Crippen LogP contribution in [0.25, 0.3) is 0 Å². The van der Waals surface area contributed by atoms with Gasteiger partial charge in [-0.05, 0) is 74.1 Å². The van der Waals surface area contributed by atoms with Gasteiger partial charge in [0.05, 0.1) is 5.02 Å². The molecule has 162 valence electrons. The van der Waals surface area contributed by atoms with Gasteiger partial charge in [-0.25, -0.2) is 22.7 Å². The van der Waals surface area contributed by atoms with Crippen molar-refractivity contribution in [3.8, 4) is 0 Å². The van der Waals surface area contributed by atoms with Crippen LogP contribution in [0.2, 0.25) is 5.02 Å². The van der Waals surface area contributed by atoms with Crippen molar-refractivity contribution >= 4 is 45.0 Å². The molecule has 0 aliphatic heterocycles. The molecule has 0 saturated carbocycles. The number of halogens is 1. The summed E-state index contributed by atoms with van der Waals surface area (Å²) in [5.74, 6) is -0.440. The van der Waals surface area contributed by atoms with Crippen molar-refractivity contribution in [2.75, 3.05) is 19.4 Å². The quantitative estimate of drug-likeness (QED) is 0.530. The predicted octanol–water partition coefficient (Wildman–Crippen LogP) is 4.40. The van der Waals surface area contributed by atoms with Crippen molar-refractivity contribution in [3.05, 3.63) is 70.5 Å². The molecular formula is C21H21ClN4O3S2. The van der Waals surface area contributed by atoms with Crippen LogP contribution < -0.4 is 5.32 Å². The van der Waals surface area contributed by atoms with Crippen LogP contribution in [0, 0.1) is 13.8 Å². The van der Waals surface area contributed by atoms with E-state index in [1.807, 2.05) is 32.0 Å². The molecule has 1 amide bonds. The second-order valence-corrected chi connectivity index (χ2v) is 10.5. The van der Waals surface area contributed by atoms with E-state index >= 15 is 0 Å². The molecule has 0 unspecified atom stereocenters. The Balaban J connectivity index is 1.75. The van der Waals surface area contributed by atoms with E-state index in [1.165, 1.54) is 44.1 Å². The van der Waals surface area contributed by atoms with Crippen LogP contribution in [0.5, 0.6) is 0 Å². The Morgan fingerprint density at radius 1 is 1.00 bits per heavy atom. The van der Waals surface area contributed by atoms with Crippen molar-refractivity contribution in [1.82, 2.24) is 14.3 Å². The Morgan fingerprint density at radius 2 is 1.61 bits per heavy atom. The third-order valence-electron chi connectivity index (χ3n) is 4.24. The number of carbonyl (C=O) groups excluding carboxylic acids is 1. The number of hydrogen-bond acceptors (Lipinski definition) is 6. The van der Waals surface area contributed by atoms with E-state index in [0.717, 1.165) is 20.6 Å². The van der Waals surface area contributed by atoms with Gasteiger partial charge < -0.3 is 5.32 Å². The maximum atomic E-state index is 12.6. The van der Waals surface area contributed by atoms with E-state index in [9.17, 15) is 13.2 Å². The fourth-order valence-electron chi connectivity index (χ4n) is 2.69. The fraction of sp³-hybridized carbons (Fsp3) is 0.190. The zero-order valence-electron chi connectivity index (χ0n) is 17.4. The number of aromatic nitrogens is 2. The summed E-state index contributed by atoms with van der Waals surface area (Å²) >= 11 is 7.47. The van der Waals surface area contributed by atoms with Gasteiger partial charge in [0.1, 0.15) is 4.90 Å². The lowest BCUT2D eigenvalue weighted by Gasteiger charge is -2.14. The van der Waals surface area contributed by atoms with Crippen molar-refractivity contribution in [2.45, 2.75) is 28.8 Å². The van der Waals surface area contributed by atoms with Crippen LogP contribution in [-0.2, 0) is 10.0 Å².